The van der Waals surface area contributed by atoms with Crippen molar-refractivity contribution in [1.82, 2.24) is 4.90 Å². The molecule has 0 spiro atoms. The molecule has 2 saturated heterocycles. The van der Waals surface area contributed by atoms with E-state index in [1.807, 2.05) is 51.2 Å². The van der Waals surface area contributed by atoms with E-state index in [9.17, 15) is 49.5 Å². The number of esters is 1. The van der Waals surface area contributed by atoms with E-state index in [0.29, 0.717) is 50.5 Å². The van der Waals surface area contributed by atoms with Crippen molar-refractivity contribution in [3.63, 3.8) is 0 Å². The quantitative estimate of drug-likeness (QED) is 0.0984. The number of rotatable bonds is 7. The molecule has 0 aromatic carbocycles. The average Bonchev–Trinajstić information content (AvgIpc) is 3.33. The van der Waals surface area contributed by atoms with Gasteiger partial charge in [0.25, 0.3) is 5.91 Å². The number of piperidine rings is 1. The van der Waals surface area contributed by atoms with Gasteiger partial charge < -0.3 is 54.1 Å². The van der Waals surface area contributed by atoms with E-state index in [2.05, 4.69) is 0 Å². The maximum atomic E-state index is 14.3. The first kappa shape index (κ1) is 59.1. The SMILES string of the molecule is COC1C(=O)[C@H](C)C[C@H](C)/C=C/C=C/C=C(\C)[C@@H](OC)C[C@@H](O)CC[C@@H](C)C(=O)[C@]2(O)C(=O)N3C(CCC[C@@H]32)C(=O)O[C@H]([C@H](C)C[C@@H]2CC[C@@H](O)[C@H](OC)C2)CC(=O)[C@H](C)/C=C(\C)C(O)[C@@H](OC)C1O. The van der Waals surface area contributed by atoms with Crippen LogP contribution in [0.2, 0.25) is 0 Å². The number of hydrogen-bond donors (Lipinski definition) is 5. The molecule has 1 amide bonds. The summed E-state index contributed by atoms with van der Waals surface area (Å²) in [5, 5.41) is 56.5. The van der Waals surface area contributed by atoms with E-state index in [4.69, 9.17) is 23.7 Å². The van der Waals surface area contributed by atoms with E-state index in [1.54, 1.807) is 48.0 Å². The molecule has 70 heavy (non-hydrogen) atoms. The minimum absolute atomic E-state index is 0.0390. The van der Waals surface area contributed by atoms with Crippen molar-refractivity contribution in [2.24, 2.45) is 35.5 Å². The van der Waals surface area contributed by atoms with Gasteiger partial charge in [-0.3, -0.25) is 19.2 Å². The van der Waals surface area contributed by atoms with Crippen molar-refractivity contribution in [3.8, 4) is 0 Å². The number of cyclic esters (lactones) is 1. The monoisotopic (exact) mass is 988 g/mol. The van der Waals surface area contributed by atoms with Gasteiger partial charge in [0.05, 0.1) is 30.5 Å². The third-order valence-corrected chi connectivity index (χ3v) is 15.6. The largest absolute Gasteiger partial charge is 0.460 e. The van der Waals surface area contributed by atoms with Crippen LogP contribution in [0.3, 0.4) is 0 Å². The van der Waals surface area contributed by atoms with Crippen LogP contribution in [-0.4, -0.2) is 161 Å². The maximum absolute atomic E-state index is 14.3. The zero-order valence-corrected chi connectivity index (χ0v) is 43.5. The Morgan fingerprint density at radius 2 is 1.49 bits per heavy atom. The Bertz CT molecular complexity index is 1900. The third-order valence-electron chi connectivity index (χ3n) is 15.6. The van der Waals surface area contributed by atoms with Crippen LogP contribution in [0.1, 0.15) is 126 Å². The predicted molar refractivity (Wildman–Crippen MR) is 262 cm³/mol. The number of ketones is 3. The summed E-state index contributed by atoms with van der Waals surface area (Å²) in [6, 6.07) is -2.05. The number of fused-ring (bicyclic) bond motifs is 2. The van der Waals surface area contributed by atoms with Crippen molar-refractivity contribution in [3.05, 3.63) is 47.6 Å². The summed E-state index contributed by atoms with van der Waals surface area (Å²) in [6.07, 6.45) is 6.23. The zero-order valence-electron chi connectivity index (χ0n) is 43.5. The average molecular weight is 988 g/mol. The molecule has 16 nitrogen and oxygen atoms in total. The second kappa shape index (κ2) is 27.0. The molecule has 0 radical (unpaired) electrons. The smallest absolute Gasteiger partial charge is 0.329 e. The highest BCUT2D eigenvalue weighted by molar-refractivity contribution is 6.16. The van der Waals surface area contributed by atoms with Crippen molar-refractivity contribution < 1.29 is 73.2 Å². The molecule has 3 fully saturated rings. The molecule has 2 bridgehead atoms. The molecule has 1 aliphatic carbocycles. The summed E-state index contributed by atoms with van der Waals surface area (Å²) in [4.78, 5) is 71.4. The van der Waals surface area contributed by atoms with E-state index < -0.39 is 102 Å². The lowest BCUT2D eigenvalue weighted by Crippen LogP contribution is -2.81. The number of β-lactam (4-membered cyclic amide) rings is 1. The number of ether oxygens (including phenoxy) is 5. The van der Waals surface area contributed by atoms with Gasteiger partial charge in [-0.05, 0) is 107 Å². The van der Waals surface area contributed by atoms with E-state index in [-0.39, 0.29) is 67.5 Å². The fourth-order valence-corrected chi connectivity index (χ4v) is 11.1. The second-order valence-electron chi connectivity index (χ2n) is 21.0. The summed E-state index contributed by atoms with van der Waals surface area (Å²) in [7, 11) is 5.71. The van der Waals surface area contributed by atoms with Crippen LogP contribution < -0.4 is 0 Å². The van der Waals surface area contributed by atoms with Crippen LogP contribution in [0.25, 0.3) is 0 Å². The van der Waals surface area contributed by atoms with Crippen LogP contribution in [0.15, 0.2) is 47.6 Å². The Morgan fingerprint density at radius 3 is 2.13 bits per heavy atom. The molecule has 0 aromatic rings. The summed E-state index contributed by atoms with van der Waals surface area (Å²) in [5.41, 5.74) is -1.19. The summed E-state index contributed by atoms with van der Waals surface area (Å²) in [6.45, 7) is 12.4. The summed E-state index contributed by atoms with van der Waals surface area (Å²) in [5.74, 6) is -5.41. The van der Waals surface area contributed by atoms with Gasteiger partial charge in [-0.1, -0.05) is 71.1 Å². The highest BCUT2D eigenvalue weighted by Gasteiger charge is 2.68. The molecule has 4 aliphatic rings. The first-order valence-electron chi connectivity index (χ1n) is 25.5. The number of aliphatic hydroxyl groups is 5. The van der Waals surface area contributed by atoms with Gasteiger partial charge in [0.15, 0.2) is 11.6 Å². The number of aliphatic hydroxyl groups excluding tert-OH is 4. The van der Waals surface area contributed by atoms with Crippen molar-refractivity contribution >= 4 is 29.2 Å². The Labute approximate surface area is 415 Å². The molecule has 18 atom stereocenters. The summed E-state index contributed by atoms with van der Waals surface area (Å²) < 4.78 is 28.6. The number of hydrogen-bond acceptors (Lipinski definition) is 15. The third kappa shape index (κ3) is 14.4. The lowest BCUT2D eigenvalue weighted by atomic mass is 9.69. The molecule has 3 aliphatic heterocycles. The molecule has 3 heterocycles. The fraction of sp³-hybridized carbons (Fsp3) is 0.759. The van der Waals surface area contributed by atoms with Gasteiger partial charge in [0.1, 0.15) is 42.3 Å². The fourth-order valence-electron chi connectivity index (χ4n) is 11.1. The van der Waals surface area contributed by atoms with Crippen molar-refractivity contribution in [1.29, 1.82) is 0 Å². The Balaban J connectivity index is 1.66. The van der Waals surface area contributed by atoms with Crippen LogP contribution in [-0.2, 0) is 47.7 Å². The van der Waals surface area contributed by atoms with Gasteiger partial charge in [-0.15, -0.1) is 0 Å². The van der Waals surface area contributed by atoms with Crippen molar-refractivity contribution in [2.75, 3.05) is 28.4 Å². The Morgan fingerprint density at radius 1 is 0.786 bits per heavy atom. The molecule has 5 N–H and O–H groups in total. The van der Waals surface area contributed by atoms with Crippen LogP contribution in [0.5, 0.6) is 0 Å². The zero-order chi connectivity index (χ0) is 52.2. The lowest BCUT2D eigenvalue weighted by molar-refractivity contribution is -0.211. The van der Waals surface area contributed by atoms with E-state index in [1.165, 1.54) is 19.1 Å². The minimum Gasteiger partial charge on any atom is -0.460 e. The van der Waals surface area contributed by atoms with Crippen LogP contribution in [0.4, 0.5) is 0 Å². The number of Topliss-reactive ketones (excluding diaryl/α,β-unsaturated/α-hetero) is 3. The first-order valence-corrected chi connectivity index (χ1v) is 25.5. The van der Waals surface area contributed by atoms with Gasteiger partial charge in [-0.2, -0.15) is 0 Å². The number of amides is 1. The van der Waals surface area contributed by atoms with Crippen LogP contribution in [0, 0.1) is 35.5 Å². The Hall–Kier alpha value is -3.45. The molecule has 16 heteroatoms. The van der Waals surface area contributed by atoms with Gasteiger partial charge in [0, 0.05) is 59.0 Å². The van der Waals surface area contributed by atoms with Gasteiger partial charge in [-0.25, -0.2) is 4.79 Å². The number of methoxy groups -OCH3 is 4. The molecule has 396 valence electrons. The van der Waals surface area contributed by atoms with Crippen LogP contribution >= 0.6 is 0 Å². The molecular weight excluding hydrogens is 903 g/mol. The maximum Gasteiger partial charge on any atom is 0.329 e. The number of nitrogens with zero attached hydrogens (tertiary/aromatic N) is 1. The number of carbonyl (C=O) groups is 5. The first-order chi connectivity index (χ1) is 33.0. The number of allylic oxidation sites excluding steroid dienone is 6. The van der Waals surface area contributed by atoms with E-state index in [0.717, 1.165) is 5.57 Å². The summed E-state index contributed by atoms with van der Waals surface area (Å²) >= 11 is 0. The minimum atomic E-state index is -2.33. The van der Waals surface area contributed by atoms with Crippen molar-refractivity contribution in [2.45, 2.75) is 198 Å². The number of carbonyl (C=O) groups excluding carboxylic acids is 5. The highest BCUT2D eigenvalue weighted by atomic mass is 16.5. The van der Waals surface area contributed by atoms with E-state index >= 15 is 0 Å². The van der Waals surface area contributed by atoms with Gasteiger partial charge in [0.2, 0.25) is 5.60 Å². The highest BCUT2D eigenvalue weighted by Crippen LogP contribution is 2.44. The molecular formula is C54H85NO15. The topological polar surface area (TPSA) is 236 Å². The molecule has 0 aromatic heterocycles. The standard InChI is InChI=1S/C54H85NO15/c1-30-16-13-12-14-17-31(2)42(66-8)28-38(56)22-20-32(3)51(62)54(65)45-19-15-18-39(55(45)53(54)64)52(63)70-43(34(5)26-37-21-23-40(57)44(27-37)67-9)29-41(58)33(4)25-36(7)47(60)50(69-11)48(61)49(68-10)46(59)35(6)24-30/h12-14,16-17,25,30,32-35,37-40,42-45,47-50,56-57,60-61,65H,15,18-24,26-29H2,1-11H3/b14-12+,16-13+,31-17+,36-25+/t30-,32-,33-,34-,35-,37+,38+,39?,40-,42+,43+,44-,45-,47?,48?,49?,50-,54+/m1/s1. The Kier molecular flexibility index (Phi) is 22.8. The normalized spacial score (nSPS) is 41.8. The molecule has 4 unspecified atom stereocenters. The predicted octanol–water partition coefficient (Wildman–Crippen LogP) is 4.94. The molecule has 1 saturated carbocycles. The van der Waals surface area contributed by atoms with Gasteiger partial charge >= 0.3 is 5.97 Å². The molecule has 4 rings (SSSR count). The lowest BCUT2D eigenvalue weighted by Gasteiger charge is -2.57. The second-order valence-corrected chi connectivity index (χ2v) is 21.0.